The van der Waals surface area contributed by atoms with Crippen molar-refractivity contribution >= 4 is 35.4 Å². The number of carbonyl (C=O) groups excluding carboxylic acids is 2. The monoisotopic (exact) mass is 375 g/mol. The number of nitrogens with zero attached hydrogens (tertiary/aromatic N) is 1. The number of benzene rings is 2. The van der Waals surface area contributed by atoms with Crippen molar-refractivity contribution in [2.24, 2.45) is 5.10 Å². The van der Waals surface area contributed by atoms with E-state index in [1.54, 1.807) is 36.4 Å². The fourth-order valence-corrected chi connectivity index (χ4v) is 2.20. The second-order valence-electron chi connectivity index (χ2n) is 5.13. The van der Waals surface area contributed by atoms with Crippen molar-refractivity contribution in [2.45, 2.75) is 6.92 Å². The van der Waals surface area contributed by atoms with Crippen molar-refractivity contribution < 1.29 is 19.1 Å². The SMILES string of the molecule is COc1cc(C=NNC(=O)CNc2ccccc2Cl)ccc1OC(C)=O. The first-order valence-corrected chi connectivity index (χ1v) is 8.04. The molecule has 0 fully saturated rings. The number of rotatable bonds is 7. The van der Waals surface area contributed by atoms with Gasteiger partial charge in [-0.15, -0.1) is 0 Å². The Morgan fingerprint density at radius 2 is 1.96 bits per heavy atom. The average molecular weight is 376 g/mol. The number of amides is 1. The van der Waals surface area contributed by atoms with Gasteiger partial charge in [0.1, 0.15) is 0 Å². The van der Waals surface area contributed by atoms with Crippen LogP contribution in [0.2, 0.25) is 5.02 Å². The average Bonchev–Trinajstić information content (AvgIpc) is 2.61. The van der Waals surface area contributed by atoms with E-state index in [1.165, 1.54) is 20.2 Å². The fraction of sp³-hybridized carbons (Fsp3) is 0.167. The molecule has 26 heavy (non-hydrogen) atoms. The molecule has 2 aromatic rings. The van der Waals surface area contributed by atoms with Crippen LogP contribution >= 0.6 is 11.6 Å². The summed E-state index contributed by atoms with van der Waals surface area (Å²) < 4.78 is 10.2. The van der Waals surface area contributed by atoms with Gasteiger partial charge in [0.25, 0.3) is 5.91 Å². The van der Waals surface area contributed by atoms with Gasteiger partial charge in [-0.25, -0.2) is 5.43 Å². The van der Waals surface area contributed by atoms with Gasteiger partial charge in [-0.05, 0) is 35.9 Å². The van der Waals surface area contributed by atoms with Crippen LogP contribution in [0.1, 0.15) is 12.5 Å². The molecule has 2 aromatic carbocycles. The molecule has 0 bridgehead atoms. The molecule has 8 heteroatoms. The van der Waals surface area contributed by atoms with E-state index in [4.69, 9.17) is 21.1 Å². The number of esters is 1. The first-order valence-electron chi connectivity index (χ1n) is 7.66. The second-order valence-corrected chi connectivity index (χ2v) is 5.54. The number of hydrogen-bond acceptors (Lipinski definition) is 6. The van der Waals surface area contributed by atoms with Crippen LogP contribution in [0, 0.1) is 0 Å². The Labute approximate surface area is 155 Å². The van der Waals surface area contributed by atoms with Crippen LogP contribution in [0.15, 0.2) is 47.6 Å². The van der Waals surface area contributed by atoms with E-state index in [9.17, 15) is 9.59 Å². The lowest BCUT2D eigenvalue weighted by molar-refractivity contribution is -0.132. The third-order valence-electron chi connectivity index (χ3n) is 3.16. The van der Waals surface area contributed by atoms with Gasteiger partial charge in [0.15, 0.2) is 11.5 Å². The van der Waals surface area contributed by atoms with Crippen LogP contribution in [0.3, 0.4) is 0 Å². The van der Waals surface area contributed by atoms with Crippen molar-refractivity contribution in [2.75, 3.05) is 19.0 Å². The zero-order chi connectivity index (χ0) is 18.9. The Morgan fingerprint density at radius 3 is 2.65 bits per heavy atom. The number of halogens is 1. The van der Waals surface area contributed by atoms with Gasteiger partial charge in [0.05, 0.1) is 30.6 Å². The summed E-state index contributed by atoms with van der Waals surface area (Å²) in [6, 6.07) is 12.0. The molecule has 7 nitrogen and oxygen atoms in total. The molecule has 0 heterocycles. The summed E-state index contributed by atoms with van der Waals surface area (Å²) in [5.41, 5.74) is 3.73. The number of anilines is 1. The van der Waals surface area contributed by atoms with Crippen LogP contribution in [-0.2, 0) is 9.59 Å². The molecule has 0 aliphatic carbocycles. The Kier molecular flexibility index (Phi) is 6.99. The molecule has 0 aromatic heterocycles. The summed E-state index contributed by atoms with van der Waals surface area (Å²) in [4.78, 5) is 22.8. The smallest absolute Gasteiger partial charge is 0.308 e. The van der Waals surface area contributed by atoms with Crippen LogP contribution < -0.4 is 20.2 Å². The molecule has 1 amide bonds. The fourth-order valence-electron chi connectivity index (χ4n) is 2.00. The number of ether oxygens (including phenoxy) is 2. The molecule has 0 aliphatic heterocycles. The first-order chi connectivity index (χ1) is 12.5. The normalized spacial score (nSPS) is 10.4. The maximum Gasteiger partial charge on any atom is 0.308 e. The number of nitrogens with one attached hydrogen (secondary N) is 2. The van der Waals surface area contributed by atoms with Gasteiger partial charge >= 0.3 is 5.97 Å². The van der Waals surface area contributed by atoms with Gasteiger partial charge in [-0.2, -0.15) is 5.10 Å². The molecule has 136 valence electrons. The van der Waals surface area contributed by atoms with Crippen LogP contribution in [0.4, 0.5) is 5.69 Å². The second kappa shape index (κ2) is 9.43. The summed E-state index contributed by atoms with van der Waals surface area (Å²) in [5.74, 6) is -0.0753. The third-order valence-corrected chi connectivity index (χ3v) is 3.49. The topological polar surface area (TPSA) is 89.0 Å². The maximum atomic E-state index is 11.8. The van der Waals surface area contributed by atoms with E-state index in [0.717, 1.165) is 0 Å². The van der Waals surface area contributed by atoms with Crippen molar-refractivity contribution in [3.63, 3.8) is 0 Å². The lowest BCUT2D eigenvalue weighted by Crippen LogP contribution is -2.25. The predicted molar refractivity (Wildman–Crippen MR) is 100.0 cm³/mol. The molecular formula is C18H18ClN3O4. The Balaban J connectivity index is 1.90. The first kappa shape index (κ1) is 19.3. The van der Waals surface area contributed by atoms with Gasteiger partial charge < -0.3 is 14.8 Å². The van der Waals surface area contributed by atoms with Crippen molar-refractivity contribution in [3.8, 4) is 11.5 Å². The quantitative estimate of drug-likeness (QED) is 0.336. The Hall–Kier alpha value is -3.06. The minimum Gasteiger partial charge on any atom is -0.493 e. The summed E-state index contributed by atoms with van der Waals surface area (Å²) in [6.07, 6.45) is 1.45. The highest BCUT2D eigenvalue weighted by atomic mass is 35.5. The molecule has 0 spiro atoms. The molecule has 2 rings (SSSR count). The number of hydrogen-bond donors (Lipinski definition) is 2. The molecule has 0 saturated heterocycles. The predicted octanol–water partition coefficient (Wildman–Crippen LogP) is 2.84. The van der Waals surface area contributed by atoms with Gasteiger partial charge in [0, 0.05) is 6.92 Å². The van der Waals surface area contributed by atoms with Gasteiger partial charge in [-0.1, -0.05) is 23.7 Å². The molecule has 0 aliphatic rings. The molecule has 0 saturated carbocycles. The number of methoxy groups -OCH3 is 1. The summed E-state index contributed by atoms with van der Waals surface area (Å²) in [6.45, 7) is 1.33. The van der Waals surface area contributed by atoms with Gasteiger partial charge in [0.2, 0.25) is 0 Å². The van der Waals surface area contributed by atoms with Crippen molar-refractivity contribution in [1.29, 1.82) is 0 Å². The molecule has 0 atom stereocenters. The highest BCUT2D eigenvalue weighted by Crippen LogP contribution is 2.27. The summed E-state index contributed by atoms with van der Waals surface area (Å²) in [5, 5.41) is 7.33. The summed E-state index contributed by atoms with van der Waals surface area (Å²) in [7, 11) is 1.46. The highest BCUT2D eigenvalue weighted by Gasteiger charge is 2.07. The Bertz CT molecular complexity index is 824. The van der Waals surface area contributed by atoms with E-state index in [-0.39, 0.29) is 12.5 Å². The number of hydrazone groups is 1. The van der Waals surface area contributed by atoms with Crippen molar-refractivity contribution in [3.05, 3.63) is 53.1 Å². The highest BCUT2D eigenvalue weighted by molar-refractivity contribution is 6.33. The summed E-state index contributed by atoms with van der Waals surface area (Å²) >= 11 is 6.00. The van der Waals surface area contributed by atoms with Crippen LogP contribution in [0.5, 0.6) is 11.5 Å². The lowest BCUT2D eigenvalue weighted by atomic mass is 10.2. The Morgan fingerprint density at radius 1 is 1.19 bits per heavy atom. The van der Waals surface area contributed by atoms with E-state index in [2.05, 4.69) is 15.8 Å². The number of carbonyl (C=O) groups is 2. The van der Waals surface area contributed by atoms with Crippen molar-refractivity contribution in [1.82, 2.24) is 5.43 Å². The van der Waals surface area contributed by atoms with E-state index in [0.29, 0.717) is 27.8 Å². The molecule has 0 unspecified atom stereocenters. The number of para-hydroxylation sites is 1. The zero-order valence-corrected chi connectivity index (χ0v) is 15.0. The minimum atomic E-state index is -0.442. The van der Waals surface area contributed by atoms with Crippen LogP contribution in [-0.4, -0.2) is 31.7 Å². The molecule has 2 N–H and O–H groups in total. The van der Waals surface area contributed by atoms with E-state index < -0.39 is 5.97 Å². The van der Waals surface area contributed by atoms with Crippen LogP contribution in [0.25, 0.3) is 0 Å². The van der Waals surface area contributed by atoms with Gasteiger partial charge in [-0.3, -0.25) is 9.59 Å². The minimum absolute atomic E-state index is 0.0236. The zero-order valence-electron chi connectivity index (χ0n) is 14.3. The standard InChI is InChI=1S/C18H18ClN3O4/c1-12(23)26-16-8-7-13(9-17(16)25-2)10-21-22-18(24)11-20-15-6-4-3-5-14(15)19/h3-10,20H,11H2,1-2H3,(H,22,24). The molecular weight excluding hydrogens is 358 g/mol. The molecule has 0 radical (unpaired) electrons. The lowest BCUT2D eigenvalue weighted by Gasteiger charge is -2.08. The van der Waals surface area contributed by atoms with E-state index in [1.807, 2.05) is 6.07 Å². The van der Waals surface area contributed by atoms with E-state index >= 15 is 0 Å². The maximum absolute atomic E-state index is 11.8. The largest absolute Gasteiger partial charge is 0.493 e. The third kappa shape index (κ3) is 5.78.